The van der Waals surface area contributed by atoms with Crippen molar-refractivity contribution in [2.75, 3.05) is 20.8 Å². The van der Waals surface area contributed by atoms with Gasteiger partial charge in [0, 0.05) is 5.56 Å². The molecule has 0 aliphatic carbocycles. The number of hydrazone groups is 1. The number of esters is 1. The molecular weight excluding hydrogens is 326 g/mol. The number of hydrogen-bond acceptors (Lipinski definition) is 6. The Morgan fingerprint density at radius 2 is 1.80 bits per heavy atom. The molecule has 8 heteroatoms. The number of nitrogens with two attached hydrogens (primary N) is 1. The second-order valence-electron chi connectivity index (χ2n) is 5.13. The van der Waals surface area contributed by atoms with E-state index in [9.17, 15) is 9.59 Å². The minimum absolute atomic E-state index is 0.0445. The summed E-state index contributed by atoms with van der Waals surface area (Å²) in [6, 6.07) is 2.67. The smallest absolute Gasteiger partial charge is 0.332 e. The molecule has 0 aromatic heterocycles. The summed E-state index contributed by atoms with van der Waals surface area (Å²) in [4.78, 5) is 22.9. The number of methoxy groups -OCH3 is 2. The second kappa shape index (κ2) is 10.2. The molecule has 2 amide bonds. The number of amides is 2. The molecule has 0 spiro atoms. The van der Waals surface area contributed by atoms with E-state index in [2.05, 4.69) is 10.5 Å². The highest BCUT2D eigenvalue weighted by atomic mass is 16.5. The number of rotatable bonds is 9. The first kappa shape index (κ1) is 20.3. The normalized spacial score (nSPS) is 11.0. The molecule has 0 saturated carbocycles. The van der Waals surface area contributed by atoms with Crippen molar-refractivity contribution in [1.82, 2.24) is 5.43 Å². The quantitative estimate of drug-likeness (QED) is 0.401. The van der Waals surface area contributed by atoms with Crippen LogP contribution < -0.4 is 20.6 Å². The summed E-state index contributed by atoms with van der Waals surface area (Å²) in [5.74, 6) is 0.618. The first-order valence-electron chi connectivity index (χ1n) is 7.99. The van der Waals surface area contributed by atoms with Crippen LogP contribution in [0.5, 0.6) is 11.5 Å². The van der Waals surface area contributed by atoms with Crippen LogP contribution in [0.15, 0.2) is 17.2 Å². The Morgan fingerprint density at radius 1 is 1.16 bits per heavy atom. The topological polar surface area (TPSA) is 112 Å². The van der Waals surface area contributed by atoms with Crippen molar-refractivity contribution in [2.45, 2.75) is 33.1 Å². The summed E-state index contributed by atoms with van der Waals surface area (Å²) in [7, 11) is 3.03. The standard InChI is InChI=1S/C17H25N3O5/c1-5-7-13(19-20-17(18)22)12-10-15(24-4)14(23-3)8-11(12)9-16(21)25-6-2/h8,10H,5-7,9H2,1-4H3,(H3,18,20,22)/b19-13-. The predicted octanol–water partition coefficient (Wildman–Crippen LogP) is 1.98. The highest BCUT2D eigenvalue weighted by molar-refractivity contribution is 6.03. The third-order valence-corrected chi connectivity index (χ3v) is 3.35. The number of carbonyl (C=O) groups excluding carboxylic acids is 2. The Balaban J connectivity index is 3.42. The van der Waals surface area contributed by atoms with E-state index in [1.165, 1.54) is 14.2 Å². The Morgan fingerprint density at radius 3 is 2.32 bits per heavy atom. The lowest BCUT2D eigenvalue weighted by molar-refractivity contribution is -0.142. The highest BCUT2D eigenvalue weighted by Gasteiger charge is 2.18. The molecule has 0 aliphatic rings. The lowest BCUT2D eigenvalue weighted by Gasteiger charge is -2.16. The summed E-state index contributed by atoms with van der Waals surface area (Å²) < 4.78 is 15.7. The summed E-state index contributed by atoms with van der Waals surface area (Å²) in [6.45, 7) is 4.01. The van der Waals surface area contributed by atoms with Crippen LogP contribution in [0.1, 0.15) is 37.8 Å². The molecule has 0 fully saturated rings. The van der Waals surface area contributed by atoms with Gasteiger partial charge in [-0.15, -0.1) is 0 Å². The van der Waals surface area contributed by atoms with Gasteiger partial charge in [-0.2, -0.15) is 5.10 Å². The molecule has 0 unspecified atom stereocenters. The largest absolute Gasteiger partial charge is 0.493 e. The number of primary amides is 1. The molecule has 0 radical (unpaired) electrons. The maximum Gasteiger partial charge on any atom is 0.332 e. The number of hydrogen-bond donors (Lipinski definition) is 2. The molecule has 8 nitrogen and oxygen atoms in total. The van der Waals surface area contributed by atoms with E-state index in [-0.39, 0.29) is 12.4 Å². The summed E-state index contributed by atoms with van der Waals surface area (Å²) in [5.41, 5.74) is 9.25. The van der Waals surface area contributed by atoms with Gasteiger partial charge in [-0.1, -0.05) is 13.3 Å². The minimum Gasteiger partial charge on any atom is -0.493 e. The van der Waals surface area contributed by atoms with Crippen LogP contribution in [0.3, 0.4) is 0 Å². The van der Waals surface area contributed by atoms with Gasteiger partial charge in [0.25, 0.3) is 0 Å². The van der Waals surface area contributed by atoms with E-state index in [1.807, 2.05) is 6.92 Å². The van der Waals surface area contributed by atoms with E-state index in [1.54, 1.807) is 19.1 Å². The fourth-order valence-electron chi connectivity index (χ4n) is 2.31. The lowest BCUT2D eigenvalue weighted by Crippen LogP contribution is -2.26. The molecule has 138 valence electrons. The Labute approximate surface area is 147 Å². The van der Waals surface area contributed by atoms with Gasteiger partial charge in [0.2, 0.25) is 0 Å². The number of benzene rings is 1. The van der Waals surface area contributed by atoms with E-state index in [0.29, 0.717) is 41.4 Å². The predicted molar refractivity (Wildman–Crippen MR) is 94.0 cm³/mol. The third kappa shape index (κ3) is 5.98. The van der Waals surface area contributed by atoms with E-state index >= 15 is 0 Å². The maximum absolute atomic E-state index is 11.9. The lowest BCUT2D eigenvalue weighted by atomic mass is 9.97. The van der Waals surface area contributed by atoms with Crippen LogP contribution in [-0.2, 0) is 16.0 Å². The van der Waals surface area contributed by atoms with Gasteiger partial charge in [-0.25, -0.2) is 10.2 Å². The van der Waals surface area contributed by atoms with Gasteiger partial charge in [0.15, 0.2) is 11.5 Å². The molecule has 1 aromatic carbocycles. The minimum atomic E-state index is -0.763. The Kier molecular flexibility index (Phi) is 8.25. The molecule has 1 rings (SSSR count). The van der Waals surface area contributed by atoms with Crippen molar-refractivity contribution in [2.24, 2.45) is 10.8 Å². The Bertz CT molecular complexity index is 643. The van der Waals surface area contributed by atoms with Crippen molar-refractivity contribution >= 4 is 17.7 Å². The van der Waals surface area contributed by atoms with Gasteiger partial charge < -0.3 is 19.9 Å². The number of urea groups is 1. The Hall–Kier alpha value is -2.77. The van der Waals surface area contributed by atoms with E-state index in [0.717, 1.165) is 6.42 Å². The summed E-state index contributed by atoms with van der Waals surface area (Å²) >= 11 is 0. The first-order valence-corrected chi connectivity index (χ1v) is 7.99. The van der Waals surface area contributed by atoms with Crippen molar-refractivity contribution in [1.29, 1.82) is 0 Å². The summed E-state index contributed by atoms with van der Waals surface area (Å²) in [6.07, 6.45) is 1.40. The molecule has 3 N–H and O–H groups in total. The maximum atomic E-state index is 11.9. The van der Waals surface area contributed by atoms with Crippen LogP contribution in [0.4, 0.5) is 4.79 Å². The SMILES string of the molecule is CCC/C(=N/NC(N)=O)c1cc(OC)c(OC)cc1CC(=O)OCC. The second-order valence-corrected chi connectivity index (χ2v) is 5.13. The fourth-order valence-corrected chi connectivity index (χ4v) is 2.31. The molecule has 25 heavy (non-hydrogen) atoms. The highest BCUT2D eigenvalue weighted by Crippen LogP contribution is 2.32. The number of carbonyl (C=O) groups is 2. The molecule has 0 heterocycles. The van der Waals surface area contributed by atoms with E-state index < -0.39 is 6.03 Å². The monoisotopic (exact) mass is 351 g/mol. The van der Waals surface area contributed by atoms with Gasteiger partial charge in [0.05, 0.1) is 33.0 Å². The van der Waals surface area contributed by atoms with Crippen molar-refractivity contribution in [3.63, 3.8) is 0 Å². The van der Waals surface area contributed by atoms with Gasteiger partial charge in [0.1, 0.15) is 0 Å². The molecule has 0 atom stereocenters. The van der Waals surface area contributed by atoms with Crippen LogP contribution >= 0.6 is 0 Å². The molecule has 0 saturated heterocycles. The molecule has 0 bridgehead atoms. The molecular formula is C17H25N3O5. The van der Waals surface area contributed by atoms with Gasteiger partial charge in [-0.3, -0.25) is 4.79 Å². The number of ether oxygens (including phenoxy) is 3. The van der Waals surface area contributed by atoms with Crippen molar-refractivity contribution in [3.05, 3.63) is 23.3 Å². The zero-order chi connectivity index (χ0) is 18.8. The molecule has 0 aliphatic heterocycles. The third-order valence-electron chi connectivity index (χ3n) is 3.35. The van der Waals surface area contributed by atoms with Gasteiger partial charge in [-0.05, 0) is 31.0 Å². The van der Waals surface area contributed by atoms with E-state index in [4.69, 9.17) is 19.9 Å². The number of nitrogens with one attached hydrogen (secondary N) is 1. The summed E-state index contributed by atoms with van der Waals surface area (Å²) in [5, 5.41) is 4.07. The average Bonchev–Trinajstić information content (AvgIpc) is 2.58. The van der Waals surface area contributed by atoms with Crippen LogP contribution in [0, 0.1) is 0 Å². The average molecular weight is 351 g/mol. The van der Waals surface area contributed by atoms with Crippen molar-refractivity contribution in [3.8, 4) is 11.5 Å². The zero-order valence-corrected chi connectivity index (χ0v) is 15.0. The number of nitrogens with zero attached hydrogens (tertiary/aromatic N) is 1. The van der Waals surface area contributed by atoms with Crippen LogP contribution in [0.25, 0.3) is 0 Å². The van der Waals surface area contributed by atoms with Crippen molar-refractivity contribution < 1.29 is 23.8 Å². The molecule has 1 aromatic rings. The van der Waals surface area contributed by atoms with Crippen LogP contribution in [-0.4, -0.2) is 38.5 Å². The van der Waals surface area contributed by atoms with Gasteiger partial charge >= 0.3 is 12.0 Å². The zero-order valence-electron chi connectivity index (χ0n) is 15.0. The van der Waals surface area contributed by atoms with Crippen LogP contribution in [0.2, 0.25) is 0 Å². The fraction of sp³-hybridized carbons (Fsp3) is 0.471. The first-order chi connectivity index (χ1) is 12.0.